The number of unbranched alkanes of at least 4 members (excludes halogenated alkanes) is 2. The van der Waals surface area contributed by atoms with Crippen LogP contribution in [0, 0.1) is 0 Å². The molecular weight excluding hydrogens is 266 g/mol. The molecule has 1 unspecified atom stereocenters. The van der Waals surface area contributed by atoms with Gasteiger partial charge in [-0.05, 0) is 37.1 Å². The quantitative estimate of drug-likeness (QED) is 0.769. The third-order valence-electron chi connectivity index (χ3n) is 4.36. The Balaban J connectivity index is 2.44. The third-order valence-corrected chi connectivity index (χ3v) is 4.36. The van der Waals surface area contributed by atoms with Crippen molar-refractivity contribution < 1.29 is 14.6 Å². The fourth-order valence-electron chi connectivity index (χ4n) is 3.17. The predicted octanol–water partition coefficient (Wildman–Crippen LogP) is 4.09. The lowest BCUT2D eigenvalue weighted by Gasteiger charge is -2.29. The molecule has 1 N–H and O–H groups in total. The maximum Gasteiger partial charge on any atom is 0.304 e. The monoisotopic (exact) mass is 289 g/mol. The first-order valence-corrected chi connectivity index (χ1v) is 7.49. The molecule has 1 heterocycles. The molecule has 21 heavy (non-hydrogen) atoms. The molecule has 1 aliphatic heterocycles. The van der Waals surface area contributed by atoms with E-state index in [-0.39, 0.29) is 6.42 Å². The van der Waals surface area contributed by atoms with E-state index < -0.39 is 11.4 Å². The summed E-state index contributed by atoms with van der Waals surface area (Å²) in [5, 5.41) is 9.38. The van der Waals surface area contributed by atoms with Crippen LogP contribution >= 0.6 is 0 Å². The molecule has 2 rings (SSSR count). The fourth-order valence-corrected chi connectivity index (χ4v) is 3.17. The molecule has 0 saturated carbocycles. The van der Waals surface area contributed by atoms with E-state index >= 15 is 0 Å². The van der Waals surface area contributed by atoms with Gasteiger partial charge in [0.2, 0.25) is 0 Å². The zero-order chi connectivity index (χ0) is 15.5. The number of aliphatic imine (C=N–C) groups is 1. The third kappa shape index (κ3) is 2.94. The lowest BCUT2D eigenvalue weighted by molar-refractivity contribution is -0.138. The number of hydrogen-bond acceptors (Lipinski definition) is 3. The van der Waals surface area contributed by atoms with Gasteiger partial charge in [0.1, 0.15) is 5.75 Å². The molecule has 0 fully saturated rings. The van der Waals surface area contributed by atoms with Gasteiger partial charge in [0.15, 0.2) is 0 Å². The van der Waals surface area contributed by atoms with Crippen LogP contribution in [0.2, 0.25) is 0 Å². The van der Waals surface area contributed by atoms with E-state index in [0.29, 0.717) is 0 Å². The highest BCUT2D eigenvalue weighted by molar-refractivity contribution is 6.02. The molecular formula is C17H23NO3. The SMILES string of the molecule is CCCCCC1(CC(=O)O)C(C)=Nc2ccc(OC)cc21. The summed E-state index contributed by atoms with van der Waals surface area (Å²) in [6.07, 6.45) is 4.14. The fraction of sp³-hybridized carbons (Fsp3) is 0.529. The average Bonchev–Trinajstić information content (AvgIpc) is 2.71. The van der Waals surface area contributed by atoms with Gasteiger partial charge in [0, 0.05) is 11.1 Å². The minimum Gasteiger partial charge on any atom is -0.497 e. The Morgan fingerprint density at radius 1 is 1.38 bits per heavy atom. The van der Waals surface area contributed by atoms with Crippen molar-refractivity contribution in [2.45, 2.75) is 51.4 Å². The molecule has 0 spiro atoms. The highest BCUT2D eigenvalue weighted by Gasteiger charge is 2.42. The Labute approximate surface area is 125 Å². The van der Waals surface area contributed by atoms with E-state index in [1.807, 2.05) is 25.1 Å². The molecule has 1 aromatic rings. The van der Waals surface area contributed by atoms with Gasteiger partial charge in [-0.3, -0.25) is 9.79 Å². The normalized spacial score (nSPS) is 20.0. The summed E-state index contributed by atoms with van der Waals surface area (Å²) in [6.45, 7) is 4.10. The number of fused-ring (bicyclic) bond motifs is 1. The molecule has 1 atom stereocenters. The van der Waals surface area contributed by atoms with Crippen molar-refractivity contribution in [1.82, 2.24) is 0 Å². The number of carbonyl (C=O) groups is 1. The minimum atomic E-state index is -0.781. The van der Waals surface area contributed by atoms with Crippen LogP contribution in [0.25, 0.3) is 0 Å². The first kappa shape index (κ1) is 15.5. The molecule has 0 bridgehead atoms. The van der Waals surface area contributed by atoms with Crippen LogP contribution in [0.3, 0.4) is 0 Å². The second kappa shape index (κ2) is 6.29. The topological polar surface area (TPSA) is 58.9 Å². The van der Waals surface area contributed by atoms with Crippen LogP contribution in [0.5, 0.6) is 5.75 Å². The summed E-state index contributed by atoms with van der Waals surface area (Å²) >= 11 is 0. The van der Waals surface area contributed by atoms with Crippen molar-refractivity contribution in [1.29, 1.82) is 0 Å². The number of ether oxygens (including phenoxy) is 1. The van der Waals surface area contributed by atoms with Gasteiger partial charge in [0.25, 0.3) is 0 Å². The van der Waals surface area contributed by atoms with Crippen LogP contribution in [-0.4, -0.2) is 23.9 Å². The van der Waals surface area contributed by atoms with E-state index in [4.69, 9.17) is 4.74 Å². The largest absolute Gasteiger partial charge is 0.497 e. The van der Waals surface area contributed by atoms with Crippen molar-refractivity contribution in [3.05, 3.63) is 23.8 Å². The standard InChI is InChI=1S/C17H23NO3/c1-4-5-6-9-17(11-16(19)20)12(2)18-15-8-7-13(21-3)10-14(15)17/h7-8,10H,4-6,9,11H2,1-3H3,(H,19,20). The van der Waals surface area contributed by atoms with E-state index in [2.05, 4.69) is 11.9 Å². The number of carboxylic acids is 1. The molecule has 0 aromatic heterocycles. The maximum absolute atomic E-state index is 11.4. The summed E-state index contributed by atoms with van der Waals surface area (Å²) < 4.78 is 5.30. The molecule has 4 heteroatoms. The summed E-state index contributed by atoms with van der Waals surface area (Å²) in [4.78, 5) is 16.0. The van der Waals surface area contributed by atoms with E-state index in [1.54, 1.807) is 7.11 Å². The number of methoxy groups -OCH3 is 1. The van der Waals surface area contributed by atoms with Crippen molar-refractivity contribution >= 4 is 17.4 Å². The van der Waals surface area contributed by atoms with Gasteiger partial charge in [-0.15, -0.1) is 0 Å². The molecule has 4 nitrogen and oxygen atoms in total. The maximum atomic E-state index is 11.4. The average molecular weight is 289 g/mol. The Morgan fingerprint density at radius 2 is 2.14 bits per heavy atom. The van der Waals surface area contributed by atoms with Crippen LogP contribution in [0.4, 0.5) is 5.69 Å². The lowest BCUT2D eigenvalue weighted by atomic mass is 9.71. The predicted molar refractivity (Wildman–Crippen MR) is 83.8 cm³/mol. The van der Waals surface area contributed by atoms with Crippen molar-refractivity contribution in [2.24, 2.45) is 4.99 Å². The van der Waals surface area contributed by atoms with Crippen LogP contribution in [0.1, 0.15) is 51.5 Å². The zero-order valence-corrected chi connectivity index (χ0v) is 13.0. The number of nitrogens with zero attached hydrogens (tertiary/aromatic N) is 1. The van der Waals surface area contributed by atoms with Gasteiger partial charge >= 0.3 is 5.97 Å². The van der Waals surface area contributed by atoms with Crippen molar-refractivity contribution in [3.8, 4) is 5.75 Å². The molecule has 1 aliphatic rings. The van der Waals surface area contributed by atoms with Crippen LogP contribution in [-0.2, 0) is 10.2 Å². The van der Waals surface area contributed by atoms with Gasteiger partial charge in [-0.25, -0.2) is 0 Å². The molecule has 114 valence electrons. The van der Waals surface area contributed by atoms with Crippen LogP contribution < -0.4 is 4.74 Å². The smallest absolute Gasteiger partial charge is 0.304 e. The summed E-state index contributed by atoms with van der Waals surface area (Å²) in [7, 11) is 1.63. The summed E-state index contributed by atoms with van der Waals surface area (Å²) in [5.74, 6) is -0.0272. The van der Waals surface area contributed by atoms with Crippen molar-refractivity contribution in [2.75, 3.05) is 7.11 Å². The molecule has 0 aliphatic carbocycles. The summed E-state index contributed by atoms with van der Waals surface area (Å²) in [5.41, 5.74) is 2.30. The number of rotatable bonds is 7. The van der Waals surface area contributed by atoms with E-state index in [0.717, 1.165) is 48.4 Å². The number of benzene rings is 1. The van der Waals surface area contributed by atoms with Gasteiger partial charge in [0.05, 0.1) is 19.2 Å². The molecule has 0 radical (unpaired) electrons. The number of aliphatic carboxylic acids is 1. The molecule has 1 aromatic carbocycles. The number of carboxylic acid groups (broad SMARTS) is 1. The highest BCUT2D eigenvalue weighted by atomic mass is 16.5. The van der Waals surface area contributed by atoms with Gasteiger partial charge in [-0.1, -0.05) is 26.2 Å². The zero-order valence-electron chi connectivity index (χ0n) is 13.0. The second-order valence-electron chi connectivity index (χ2n) is 5.69. The van der Waals surface area contributed by atoms with E-state index in [1.165, 1.54) is 0 Å². The second-order valence-corrected chi connectivity index (χ2v) is 5.69. The number of hydrogen-bond donors (Lipinski definition) is 1. The molecule has 0 amide bonds. The van der Waals surface area contributed by atoms with Gasteiger partial charge < -0.3 is 9.84 Å². The minimum absolute atomic E-state index is 0.0895. The Kier molecular flexibility index (Phi) is 4.66. The Bertz CT molecular complexity index is 565. The highest BCUT2D eigenvalue weighted by Crippen LogP contribution is 2.47. The van der Waals surface area contributed by atoms with Crippen LogP contribution in [0.15, 0.2) is 23.2 Å². The molecule has 0 saturated heterocycles. The Morgan fingerprint density at radius 3 is 2.76 bits per heavy atom. The van der Waals surface area contributed by atoms with E-state index in [9.17, 15) is 9.90 Å². The Hall–Kier alpha value is -1.84. The lowest BCUT2D eigenvalue weighted by Crippen LogP contribution is -2.34. The summed E-state index contributed by atoms with van der Waals surface area (Å²) in [6, 6.07) is 5.74. The van der Waals surface area contributed by atoms with Crippen molar-refractivity contribution in [3.63, 3.8) is 0 Å². The first-order valence-electron chi connectivity index (χ1n) is 7.49. The van der Waals surface area contributed by atoms with Gasteiger partial charge in [-0.2, -0.15) is 0 Å². The first-order chi connectivity index (χ1) is 10.0.